The minimum atomic E-state index is -4.29. The Hall–Kier alpha value is -3.38. The lowest BCUT2D eigenvalue weighted by atomic mass is 10.2. The normalized spacial score (nSPS) is 12.7. The van der Waals surface area contributed by atoms with E-state index in [2.05, 4.69) is 0 Å². The third-order valence-electron chi connectivity index (χ3n) is 3.45. The largest absolute Gasteiger partial charge is 0.504 e. The first-order valence-electron chi connectivity index (χ1n) is 7.61. The molecule has 0 aliphatic rings. The molecule has 156 valence electrons. The van der Waals surface area contributed by atoms with Gasteiger partial charge in [0.2, 0.25) is 0 Å². The number of hydrogen-bond donors (Lipinski definition) is 6. The summed E-state index contributed by atoms with van der Waals surface area (Å²) in [6, 6.07) is 3.83. The maximum absolute atomic E-state index is 12.0. The van der Waals surface area contributed by atoms with Crippen molar-refractivity contribution in [1.29, 1.82) is 0 Å². The molecule has 0 heterocycles. The molecule has 0 amide bonds. The molecule has 2 aromatic carbocycles. The van der Waals surface area contributed by atoms with Crippen LogP contribution in [-0.2, 0) is 19.7 Å². The molecule has 2 aromatic rings. The van der Waals surface area contributed by atoms with Crippen LogP contribution in [0.1, 0.15) is 11.1 Å². The first-order chi connectivity index (χ1) is 13.3. The highest BCUT2D eigenvalue weighted by Gasteiger charge is 2.18. The van der Waals surface area contributed by atoms with E-state index in [0.717, 1.165) is 36.4 Å². The summed E-state index contributed by atoms with van der Waals surface area (Å²) in [6.45, 7) is 0. The summed E-state index contributed by atoms with van der Waals surface area (Å²) in [5, 5.41) is 55.8. The van der Waals surface area contributed by atoms with Crippen molar-refractivity contribution in [3.63, 3.8) is 0 Å². The average Bonchev–Trinajstić information content (AvgIpc) is 2.59. The lowest BCUT2D eigenvalue weighted by Gasteiger charge is -2.03. The molecule has 0 spiro atoms. The number of benzene rings is 2. The molecule has 12 heteroatoms. The molecule has 2 rings (SSSR count). The predicted octanol–water partition coefficient (Wildman–Crippen LogP) is 1.35. The van der Waals surface area contributed by atoms with Crippen molar-refractivity contribution in [3.05, 3.63) is 46.2 Å². The van der Waals surface area contributed by atoms with Crippen molar-refractivity contribution in [2.24, 2.45) is 0 Å². The lowest BCUT2D eigenvalue weighted by molar-refractivity contribution is 0.367. The first kappa shape index (κ1) is 21.9. The van der Waals surface area contributed by atoms with E-state index in [0.29, 0.717) is 10.8 Å². The van der Waals surface area contributed by atoms with E-state index in [1.54, 1.807) is 0 Å². The molecule has 0 fully saturated rings. The van der Waals surface area contributed by atoms with E-state index in [-0.39, 0.29) is 11.1 Å². The van der Waals surface area contributed by atoms with Gasteiger partial charge in [-0.1, -0.05) is 0 Å². The number of sulfone groups is 2. The Balaban J connectivity index is 2.20. The molecule has 0 aliphatic heterocycles. The molecule has 0 radical (unpaired) electrons. The zero-order valence-electron chi connectivity index (χ0n) is 14.5. The van der Waals surface area contributed by atoms with Crippen molar-refractivity contribution in [2.45, 2.75) is 0 Å². The molecule has 10 nitrogen and oxygen atoms in total. The molecule has 0 saturated carbocycles. The molecular weight excluding hydrogens is 428 g/mol. The zero-order chi connectivity index (χ0) is 22.0. The van der Waals surface area contributed by atoms with Crippen LogP contribution >= 0.6 is 0 Å². The molecule has 0 aliphatic carbocycles. The quantitative estimate of drug-likeness (QED) is 0.355. The van der Waals surface area contributed by atoms with Gasteiger partial charge in [0.05, 0.1) is 0 Å². The molecule has 0 unspecified atom stereocenters. The Morgan fingerprint density at radius 1 is 0.586 bits per heavy atom. The molecule has 0 bridgehead atoms. The van der Waals surface area contributed by atoms with Crippen LogP contribution in [-0.4, -0.2) is 52.6 Å². The van der Waals surface area contributed by atoms with Gasteiger partial charge in [0, 0.05) is 10.8 Å². The Kier molecular flexibility index (Phi) is 5.99. The molecular formula is C17H16O10S2. The van der Waals surface area contributed by atoms with E-state index in [1.807, 2.05) is 0 Å². The highest BCUT2D eigenvalue weighted by Crippen LogP contribution is 2.36. The van der Waals surface area contributed by atoms with E-state index in [9.17, 15) is 47.5 Å². The second-order valence-corrected chi connectivity index (χ2v) is 10.0. The van der Waals surface area contributed by atoms with Crippen molar-refractivity contribution in [2.75, 3.05) is 5.08 Å². The highest BCUT2D eigenvalue weighted by atomic mass is 32.3. The Labute approximate surface area is 165 Å². The standard InChI is InChI=1S/C17H16O10S2/c18-12-5-10(6-13(19)16(12)22)1-3-28(24,25)9-29(26,27)4-2-11-7-14(20)17(23)15(21)8-11/h1-8,18-23H,9H2. The van der Waals surface area contributed by atoms with Crippen LogP contribution in [0.4, 0.5) is 0 Å². The fourth-order valence-electron chi connectivity index (χ4n) is 2.12. The fourth-order valence-corrected chi connectivity index (χ4v) is 5.30. The van der Waals surface area contributed by atoms with Gasteiger partial charge >= 0.3 is 0 Å². The summed E-state index contributed by atoms with van der Waals surface area (Å²) in [6.07, 6.45) is 1.84. The van der Waals surface area contributed by atoms with Crippen LogP contribution in [0, 0.1) is 0 Å². The van der Waals surface area contributed by atoms with E-state index in [4.69, 9.17) is 0 Å². The third-order valence-corrected chi connectivity index (χ3v) is 7.18. The van der Waals surface area contributed by atoms with Gasteiger partial charge in [0.1, 0.15) is 0 Å². The molecule has 6 N–H and O–H groups in total. The second-order valence-electron chi connectivity index (χ2n) is 5.86. The van der Waals surface area contributed by atoms with E-state index >= 15 is 0 Å². The minimum absolute atomic E-state index is 0.00985. The lowest BCUT2D eigenvalue weighted by Crippen LogP contribution is -2.11. The molecule has 29 heavy (non-hydrogen) atoms. The summed E-state index contributed by atoms with van der Waals surface area (Å²) in [5.41, 5.74) is -0.0197. The Morgan fingerprint density at radius 3 is 1.14 bits per heavy atom. The topological polar surface area (TPSA) is 190 Å². The molecule has 0 aromatic heterocycles. The first-order valence-corrected chi connectivity index (χ1v) is 11.0. The summed E-state index contributed by atoms with van der Waals surface area (Å²) in [5.74, 6) is -4.36. The van der Waals surface area contributed by atoms with Crippen molar-refractivity contribution in [3.8, 4) is 34.5 Å². The minimum Gasteiger partial charge on any atom is -0.504 e. The maximum Gasteiger partial charge on any atom is 0.200 e. The molecule has 0 saturated heterocycles. The number of hydrogen-bond acceptors (Lipinski definition) is 10. The number of phenolic OH excluding ortho intramolecular Hbond substituents is 6. The third kappa shape index (κ3) is 5.80. The second kappa shape index (κ2) is 7.93. The predicted molar refractivity (Wildman–Crippen MR) is 104 cm³/mol. The van der Waals surface area contributed by atoms with Crippen molar-refractivity contribution >= 4 is 31.8 Å². The summed E-state index contributed by atoms with van der Waals surface area (Å²) >= 11 is 0. The monoisotopic (exact) mass is 444 g/mol. The van der Waals surface area contributed by atoms with Gasteiger partial charge in [-0.3, -0.25) is 0 Å². The average molecular weight is 444 g/mol. The molecule has 0 atom stereocenters. The highest BCUT2D eigenvalue weighted by molar-refractivity contribution is 8.10. The van der Waals surface area contributed by atoms with Gasteiger partial charge in [-0.2, -0.15) is 0 Å². The van der Waals surface area contributed by atoms with Gasteiger partial charge in [0.25, 0.3) is 0 Å². The van der Waals surface area contributed by atoms with Gasteiger partial charge < -0.3 is 30.6 Å². The van der Waals surface area contributed by atoms with E-state index < -0.39 is 59.3 Å². The SMILES string of the molecule is O=S(=O)(C=Cc1cc(O)c(O)c(O)c1)CS(=O)(=O)C=Cc1cc(O)c(O)c(O)c1. The van der Waals surface area contributed by atoms with Crippen molar-refractivity contribution < 1.29 is 47.5 Å². The Morgan fingerprint density at radius 2 is 0.862 bits per heavy atom. The van der Waals surface area contributed by atoms with Gasteiger partial charge in [-0.15, -0.1) is 0 Å². The smallest absolute Gasteiger partial charge is 0.200 e. The number of aromatic hydroxyl groups is 6. The van der Waals surface area contributed by atoms with Gasteiger partial charge in [-0.05, 0) is 47.5 Å². The van der Waals surface area contributed by atoms with Crippen LogP contribution in [0.2, 0.25) is 0 Å². The summed E-state index contributed by atoms with van der Waals surface area (Å²) in [4.78, 5) is 0. The number of phenols is 6. The van der Waals surface area contributed by atoms with Crippen molar-refractivity contribution in [1.82, 2.24) is 0 Å². The fraction of sp³-hybridized carbons (Fsp3) is 0.0588. The zero-order valence-corrected chi connectivity index (χ0v) is 16.1. The Bertz CT molecular complexity index is 1070. The van der Waals surface area contributed by atoms with Crippen LogP contribution in [0.5, 0.6) is 34.5 Å². The van der Waals surface area contributed by atoms with Crippen LogP contribution in [0.25, 0.3) is 12.2 Å². The van der Waals surface area contributed by atoms with E-state index in [1.165, 1.54) is 0 Å². The van der Waals surface area contributed by atoms with Gasteiger partial charge in [-0.25, -0.2) is 16.8 Å². The van der Waals surface area contributed by atoms with Gasteiger partial charge in [0.15, 0.2) is 59.3 Å². The van der Waals surface area contributed by atoms with Crippen LogP contribution in [0.15, 0.2) is 35.1 Å². The number of rotatable bonds is 6. The summed E-state index contributed by atoms with van der Waals surface area (Å²) in [7, 11) is -8.57. The van der Waals surface area contributed by atoms with Crippen LogP contribution in [0.3, 0.4) is 0 Å². The summed E-state index contributed by atoms with van der Waals surface area (Å²) < 4.78 is 48.1. The van der Waals surface area contributed by atoms with Crippen LogP contribution < -0.4 is 0 Å². The maximum atomic E-state index is 12.0.